The van der Waals surface area contributed by atoms with E-state index >= 15 is 0 Å². The van der Waals surface area contributed by atoms with Crippen LogP contribution in [0.3, 0.4) is 0 Å². The fraction of sp³-hybridized carbons (Fsp3) is 0.214. The molecule has 0 atom stereocenters. The second kappa shape index (κ2) is 5.91. The summed E-state index contributed by atoms with van der Waals surface area (Å²) < 4.78 is 10.5. The third-order valence-electron chi connectivity index (χ3n) is 2.52. The van der Waals surface area contributed by atoms with Crippen molar-refractivity contribution in [3.63, 3.8) is 0 Å². The van der Waals surface area contributed by atoms with Crippen molar-refractivity contribution in [2.75, 3.05) is 6.79 Å². The third-order valence-corrected chi connectivity index (χ3v) is 2.52. The van der Waals surface area contributed by atoms with Crippen molar-refractivity contribution in [2.45, 2.75) is 12.8 Å². The number of aliphatic carboxylic acids is 1. The molecular weight excluding hydrogens is 232 g/mol. The molecule has 0 amide bonds. The van der Waals surface area contributed by atoms with Crippen LogP contribution in [-0.4, -0.2) is 17.9 Å². The molecular formula is C14H14O4. The van der Waals surface area contributed by atoms with Gasteiger partial charge in [0, 0.05) is 6.08 Å². The number of carbonyl (C=O) groups is 1. The monoisotopic (exact) mass is 246 g/mol. The Bertz CT molecular complexity index is 489. The van der Waals surface area contributed by atoms with Gasteiger partial charge in [0.15, 0.2) is 11.5 Å². The molecule has 0 aromatic heterocycles. The van der Waals surface area contributed by atoms with E-state index in [2.05, 4.69) is 0 Å². The lowest BCUT2D eigenvalue weighted by molar-refractivity contribution is -0.131. The fourth-order valence-electron chi connectivity index (χ4n) is 1.66. The maximum Gasteiger partial charge on any atom is 0.328 e. The van der Waals surface area contributed by atoms with E-state index in [9.17, 15) is 4.79 Å². The molecule has 0 unspecified atom stereocenters. The summed E-state index contributed by atoms with van der Waals surface area (Å²) in [6.45, 7) is 0.290. The molecule has 1 heterocycles. The fourth-order valence-corrected chi connectivity index (χ4v) is 1.66. The van der Waals surface area contributed by atoms with Crippen LogP contribution in [0.15, 0.2) is 42.5 Å². The van der Waals surface area contributed by atoms with E-state index < -0.39 is 5.97 Å². The first-order chi connectivity index (χ1) is 8.75. The number of ether oxygens (including phenoxy) is 2. The van der Waals surface area contributed by atoms with Crippen molar-refractivity contribution in [3.05, 3.63) is 48.1 Å². The van der Waals surface area contributed by atoms with E-state index in [0.717, 1.165) is 30.4 Å². The highest BCUT2D eigenvalue weighted by Crippen LogP contribution is 2.32. The van der Waals surface area contributed by atoms with E-state index in [1.807, 2.05) is 24.3 Å². The first-order valence-electron chi connectivity index (χ1n) is 5.70. The molecule has 1 N–H and O–H groups in total. The van der Waals surface area contributed by atoms with Gasteiger partial charge in [-0.2, -0.15) is 0 Å². The maximum absolute atomic E-state index is 10.2. The average Bonchev–Trinajstić information content (AvgIpc) is 2.80. The highest BCUT2D eigenvalue weighted by atomic mass is 16.7. The average molecular weight is 246 g/mol. The van der Waals surface area contributed by atoms with E-state index in [4.69, 9.17) is 14.6 Å². The summed E-state index contributed by atoms with van der Waals surface area (Å²) in [6.07, 6.45) is 8.03. The third kappa shape index (κ3) is 3.38. The van der Waals surface area contributed by atoms with Gasteiger partial charge in [-0.25, -0.2) is 4.79 Å². The highest BCUT2D eigenvalue weighted by molar-refractivity contribution is 5.80. The lowest BCUT2D eigenvalue weighted by atomic mass is 10.1. The van der Waals surface area contributed by atoms with Crippen LogP contribution >= 0.6 is 0 Å². The molecule has 94 valence electrons. The minimum Gasteiger partial charge on any atom is -0.478 e. The predicted octanol–water partition coefficient (Wildman–Crippen LogP) is 2.54. The van der Waals surface area contributed by atoms with Crippen molar-refractivity contribution in [3.8, 4) is 11.5 Å². The molecule has 18 heavy (non-hydrogen) atoms. The Morgan fingerprint density at radius 2 is 2.11 bits per heavy atom. The van der Waals surface area contributed by atoms with Crippen LogP contribution in [-0.2, 0) is 11.2 Å². The zero-order valence-electron chi connectivity index (χ0n) is 9.83. The number of aryl methyl sites for hydroxylation is 1. The van der Waals surface area contributed by atoms with E-state index in [0.29, 0.717) is 6.79 Å². The van der Waals surface area contributed by atoms with Crippen LogP contribution in [0, 0.1) is 0 Å². The van der Waals surface area contributed by atoms with Gasteiger partial charge in [-0.05, 0) is 30.5 Å². The van der Waals surface area contributed by atoms with Gasteiger partial charge < -0.3 is 14.6 Å². The second-order valence-electron chi connectivity index (χ2n) is 3.85. The summed E-state index contributed by atoms with van der Waals surface area (Å²) in [6, 6.07) is 5.89. The van der Waals surface area contributed by atoms with Gasteiger partial charge in [0.1, 0.15) is 0 Å². The Kier molecular flexibility index (Phi) is 4.02. The SMILES string of the molecule is O=C(O)C=CC=CCCc1ccc2c(c1)OCO2. The molecule has 4 nitrogen and oxygen atoms in total. The molecule has 1 aromatic rings. The number of carboxylic acid groups (broad SMARTS) is 1. The standard InChI is InChI=1S/C14H14O4/c15-14(16)6-4-2-1-3-5-11-7-8-12-13(9-11)18-10-17-12/h1-2,4,6-9H,3,5,10H2,(H,15,16). The molecule has 0 fully saturated rings. The Morgan fingerprint density at radius 3 is 2.94 bits per heavy atom. The summed E-state index contributed by atoms with van der Waals surface area (Å²) in [5, 5.41) is 8.39. The van der Waals surface area contributed by atoms with Gasteiger partial charge >= 0.3 is 5.97 Å². The van der Waals surface area contributed by atoms with Crippen LogP contribution in [0.4, 0.5) is 0 Å². The second-order valence-corrected chi connectivity index (χ2v) is 3.85. The number of hydrogen-bond acceptors (Lipinski definition) is 3. The Morgan fingerprint density at radius 1 is 1.28 bits per heavy atom. The molecule has 1 aliphatic heterocycles. The maximum atomic E-state index is 10.2. The lowest BCUT2D eigenvalue weighted by Gasteiger charge is -2.00. The minimum atomic E-state index is -0.935. The van der Waals surface area contributed by atoms with Gasteiger partial charge in [0.25, 0.3) is 0 Å². The number of rotatable bonds is 5. The summed E-state index contributed by atoms with van der Waals surface area (Å²) in [7, 11) is 0. The van der Waals surface area contributed by atoms with Crippen LogP contribution < -0.4 is 9.47 Å². The molecule has 2 rings (SSSR count). The normalized spacial score (nSPS) is 13.6. The Hall–Kier alpha value is -2.23. The van der Waals surface area contributed by atoms with Gasteiger partial charge in [0.2, 0.25) is 6.79 Å². The molecule has 0 radical (unpaired) electrons. The molecule has 0 spiro atoms. The number of benzene rings is 1. The number of fused-ring (bicyclic) bond motifs is 1. The van der Waals surface area contributed by atoms with E-state index in [1.165, 1.54) is 11.6 Å². The quantitative estimate of drug-likeness (QED) is 0.640. The van der Waals surface area contributed by atoms with Crippen LogP contribution in [0.1, 0.15) is 12.0 Å². The number of hydrogen-bond donors (Lipinski definition) is 1. The zero-order chi connectivity index (χ0) is 12.8. The van der Waals surface area contributed by atoms with E-state index in [-0.39, 0.29) is 0 Å². The first kappa shape index (κ1) is 12.2. The first-order valence-corrected chi connectivity index (χ1v) is 5.70. The van der Waals surface area contributed by atoms with E-state index in [1.54, 1.807) is 6.08 Å². The summed E-state index contributed by atoms with van der Waals surface area (Å²) >= 11 is 0. The van der Waals surface area contributed by atoms with Crippen molar-refractivity contribution in [1.29, 1.82) is 0 Å². The van der Waals surface area contributed by atoms with Gasteiger partial charge in [0.05, 0.1) is 0 Å². The molecule has 4 heteroatoms. The molecule has 1 aromatic carbocycles. The summed E-state index contributed by atoms with van der Waals surface area (Å²) in [4.78, 5) is 10.2. The smallest absolute Gasteiger partial charge is 0.328 e. The van der Waals surface area contributed by atoms with Gasteiger partial charge in [-0.15, -0.1) is 0 Å². The molecule has 1 aliphatic rings. The van der Waals surface area contributed by atoms with Crippen LogP contribution in [0.5, 0.6) is 11.5 Å². The van der Waals surface area contributed by atoms with Crippen LogP contribution in [0.25, 0.3) is 0 Å². The molecule has 0 saturated heterocycles. The highest BCUT2D eigenvalue weighted by Gasteiger charge is 2.12. The Balaban J connectivity index is 1.82. The van der Waals surface area contributed by atoms with Crippen molar-refractivity contribution in [1.82, 2.24) is 0 Å². The van der Waals surface area contributed by atoms with Gasteiger partial charge in [-0.1, -0.05) is 24.3 Å². The summed E-state index contributed by atoms with van der Waals surface area (Å²) in [5.74, 6) is 0.649. The van der Waals surface area contributed by atoms with Crippen molar-refractivity contribution in [2.24, 2.45) is 0 Å². The summed E-state index contributed by atoms with van der Waals surface area (Å²) in [5.41, 5.74) is 1.17. The number of allylic oxidation sites excluding steroid dienone is 3. The van der Waals surface area contributed by atoms with Crippen molar-refractivity contribution >= 4 is 5.97 Å². The topological polar surface area (TPSA) is 55.8 Å². The zero-order valence-corrected chi connectivity index (χ0v) is 9.83. The minimum absolute atomic E-state index is 0.290. The predicted molar refractivity (Wildman–Crippen MR) is 66.8 cm³/mol. The largest absolute Gasteiger partial charge is 0.478 e. The van der Waals surface area contributed by atoms with Crippen LogP contribution in [0.2, 0.25) is 0 Å². The Labute approximate surface area is 105 Å². The molecule has 0 saturated carbocycles. The molecule has 0 bridgehead atoms. The molecule has 0 aliphatic carbocycles. The lowest BCUT2D eigenvalue weighted by Crippen LogP contribution is -1.92. The van der Waals surface area contributed by atoms with Crippen molar-refractivity contribution < 1.29 is 19.4 Å². The number of carboxylic acids is 1. The van der Waals surface area contributed by atoms with Gasteiger partial charge in [-0.3, -0.25) is 0 Å².